The van der Waals surface area contributed by atoms with Crippen molar-refractivity contribution in [3.63, 3.8) is 0 Å². The molecule has 3 rings (SSSR count). The highest BCUT2D eigenvalue weighted by Crippen LogP contribution is 2.28. The number of carbonyl (C=O) groups is 1. The third-order valence-corrected chi connectivity index (χ3v) is 4.71. The lowest BCUT2D eigenvalue weighted by atomic mass is 9.88. The first kappa shape index (κ1) is 18.3. The summed E-state index contributed by atoms with van der Waals surface area (Å²) in [6, 6.07) is 13.9. The first-order valence-electron chi connectivity index (χ1n) is 9.10. The number of hydrogen-bond acceptors (Lipinski definition) is 4. The van der Waals surface area contributed by atoms with Crippen molar-refractivity contribution in [2.75, 3.05) is 20.3 Å². The Kier molecular flexibility index (Phi) is 6.12. The van der Waals surface area contributed by atoms with Gasteiger partial charge in [0.15, 0.2) is 11.5 Å². The summed E-state index contributed by atoms with van der Waals surface area (Å²) in [4.78, 5) is 12.7. The molecule has 5 nitrogen and oxygen atoms in total. The van der Waals surface area contributed by atoms with Crippen molar-refractivity contribution < 1.29 is 14.3 Å². The van der Waals surface area contributed by atoms with Crippen molar-refractivity contribution >= 4 is 5.91 Å². The summed E-state index contributed by atoms with van der Waals surface area (Å²) in [5, 5.41) is 3.15. The number of amides is 1. The molecule has 26 heavy (non-hydrogen) atoms. The Morgan fingerprint density at radius 3 is 2.77 bits per heavy atom. The second kappa shape index (κ2) is 8.72. The summed E-state index contributed by atoms with van der Waals surface area (Å²) in [5.41, 5.74) is 8.79. The van der Waals surface area contributed by atoms with Gasteiger partial charge in [0.2, 0.25) is 0 Å². The highest BCUT2D eigenvalue weighted by Gasteiger charge is 2.21. The second-order valence-corrected chi connectivity index (χ2v) is 6.54. The quantitative estimate of drug-likeness (QED) is 0.750. The van der Waals surface area contributed by atoms with Gasteiger partial charge in [0.1, 0.15) is 0 Å². The Morgan fingerprint density at radius 2 is 2.00 bits per heavy atom. The van der Waals surface area contributed by atoms with Gasteiger partial charge in [-0.3, -0.25) is 4.79 Å². The van der Waals surface area contributed by atoms with E-state index in [1.807, 2.05) is 0 Å². The minimum absolute atomic E-state index is 0.0827. The fourth-order valence-corrected chi connectivity index (χ4v) is 3.29. The van der Waals surface area contributed by atoms with Crippen molar-refractivity contribution in [2.24, 2.45) is 5.73 Å². The maximum Gasteiger partial charge on any atom is 0.251 e. The van der Waals surface area contributed by atoms with Gasteiger partial charge in [0, 0.05) is 11.6 Å². The number of benzene rings is 2. The third-order valence-electron chi connectivity index (χ3n) is 4.71. The molecule has 3 N–H and O–H groups in total. The highest BCUT2D eigenvalue weighted by molar-refractivity contribution is 5.95. The van der Waals surface area contributed by atoms with Gasteiger partial charge in [-0.1, -0.05) is 24.3 Å². The molecule has 0 saturated heterocycles. The van der Waals surface area contributed by atoms with Crippen LogP contribution in [-0.2, 0) is 12.8 Å². The molecule has 0 spiro atoms. The molecule has 0 heterocycles. The summed E-state index contributed by atoms with van der Waals surface area (Å²) < 4.78 is 11.0. The summed E-state index contributed by atoms with van der Waals surface area (Å²) in [7, 11) is 1.59. The molecule has 0 unspecified atom stereocenters. The van der Waals surface area contributed by atoms with Crippen LogP contribution in [0.5, 0.6) is 11.5 Å². The van der Waals surface area contributed by atoms with Crippen molar-refractivity contribution in [3.05, 3.63) is 59.2 Å². The van der Waals surface area contributed by atoms with Crippen LogP contribution in [0.25, 0.3) is 0 Å². The molecule has 0 fully saturated rings. The van der Waals surface area contributed by atoms with Gasteiger partial charge in [0.05, 0.1) is 13.7 Å². The number of rotatable bonds is 7. The molecule has 2 aromatic rings. The fourth-order valence-electron chi connectivity index (χ4n) is 3.29. The zero-order valence-corrected chi connectivity index (χ0v) is 15.2. The van der Waals surface area contributed by atoms with E-state index < -0.39 is 0 Å². The lowest BCUT2D eigenvalue weighted by Crippen LogP contribution is -2.38. The smallest absolute Gasteiger partial charge is 0.251 e. The van der Waals surface area contributed by atoms with Gasteiger partial charge in [-0.25, -0.2) is 0 Å². The van der Waals surface area contributed by atoms with Crippen LogP contribution in [0.1, 0.15) is 34.3 Å². The molecule has 1 atom stereocenters. The maximum absolute atomic E-state index is 12.7. The zero-order chi connectivity index (χ0) is 18.4. The number of hydrogen-bond donors (Lipinski definition) is 2. The Bertz CT molecular complexity index is 761. The minimum atomic E-state index is -0.0827. The van der Waals surface area contributed by atoms with E-state index in [1.54, 1.807) is 25.3 Å². The third kappa shape index (κ3) is 4.35. The van der Waals surface area contributed by atoms with Gasteiger partial charge in [-0.05, 0) is 61.6 Å². The zero-order valence-electron chi connectivity index (χ0n) is 15.2. The Labute approximate surface area is 154 Å². The first-order chi connectivity index (χ1) is 12.7. The van der Waals surface area contributed by atoms with Crippen molar-refractivity contribution in [1.82, 2.24) is 5.32 Å². The van der Waals surface area contributed by atoms with E-state index in [0.717, 1.165) is 25.7 Å². The topological polar surface area (TPSA) is 73.6 Å². The Morgan fingerprint density at radius 1 is 1.19 bits per heavy atom. The van der Waals surface area contributed by atoms with Crippen LogP contribution in [0.4, 0.5) is 0 Å². The monoisotopic (exact) mass is 354 g/mol. The molecule has 0 bridgehead atoms. The van der Waals surface area contributed by atoms with Gasteiger partial charge in [-0.2, -0.15) is 0 Å². The second-order valence-electron chi connectivity index (χ2n) is 6.54. The number of nitrogens with two attached hydrogens (primary N) is 1. The molecule has 5 heteroatoms. The number of fused-ring (bicyclic) bond motifs is 1. The molecule has 0 aliphatic heterocycles. The molecule has 0 radical (unpaired) electrons. The van der Waals surface area contributed by atoms with Gasteiger partial charge in [-0.15, -0.1) is 0 Å². The predicted molar refractivity (Wildman–Crippen MR) is 102 cm³/mol. The summed E-state index contributed by atoms with van der Waals surface area (Å²) >= 11 is 0. The van der Waals surface area contributed by atoms with Crippen LogP contribution in [0.15, 0.2) is 42.5 Å². The predicted octanol–water partition coefficient (Wildman–Crippen LogP) is 2.71. The summed E-state index contributed by atoms with van der Waals surface area (Å²) in [6.07, 6.45) is 3.58. The van der Waals surface area contributed by atoms with E-state index in [2.05, 4.69) is 29.6 Å². The number of nitrogens with one attached hydrogen (secondary N) is 1. The fraction of sp³-hybridized carbons (Fsp3) is 0.381. The molecule has 1 aliphatic rings. The lowest BCUT2D eigenvalue weighted by molar-refractivity contribution is 0.0933. The highest BCUT2D eigenvalue weighted by atomic mass is 16.5. The Hall–Kier alpha value is -2.53. The van der Waals surface area contributed by atoms with E-state index in [-0.39, 0.29) is 11.9 Å². The SMILES string of the molecule is COc1ccc(C(=O)N[C@H]2CCc3ccccc3C2)cc1OCCCN. The molecule has 0 saturated carbocycles. The molecular formula is C21H26N2O3. The van der Waals surface area contributed by atoms with Crippen molar-refractivity contribution in [2.45, 2.75) is 31.7 Å². The van der Waals surface area contributed by atoms with E-state index in [0.29, 0.717) is 30.2 Å². The first-order valence-corrected chi connectivity index (χ1v) is 9.10. The largest absolute Gasteiger partial charge is 0.493 e. The molecule has 0 aromatic heterocycles. The van der Waals surface area contributed by atoms with Gasteiger partial charge in [0.25, 0.3) is 5.91 Å². The standard InChI is InChI=1S/C21H26N2O3/c1-25-19-10-8-17(14-20(19)26-12-4-11-22)21(24)23-18-9-7-15-5-2-3-6-16(15)13-18/h2-3,5-6,8,10,14,18H,4,7,9,11-13,22H2,1H3,(H,23,24)/t18-/m0/s1. The molecular weight excluding hydrogens is 328 g/mol. The van der Waals surface area contributed by atoms with Crippen LogP contribution >= 0.6 is 0 Å². The number of carbonyl (C=O) groups excluding carboxylic acids is 1. The number of methoxy groups -OCH3 is 1. The van der Waals surface area contributed by atoms with E-state index in [9.17, 15) is 4.79 Å². The Balaban J connectivity index is 1.67. The van der Waals surface area contributed by atoms with E-state index in [1.165, 1.54) is 11.1 Å². The molecule has 1 aliphatic carbocycles. The van der Waals surface area contributed by atoms with E-state index in [4.69, 9.17) is 15.2 Å². The normalized spacial score (nSPS) is 15.8. The maximum atomic E-state index is 12.7. The van der Waals surface area contributed by atoms with Gasteiger partial charge >= 0.3 is 0 Å². The molecule has 138 valence electrons. The van der Waals surface area contributed by atoms with Crippen molar-refractivity contribution in [3.8, 4) is 11.5 Å². The average molecular weight is 354 g/mol. The van der Waals surface area contributed by atoms with Crippen LogP contribution in [0.3, 0.4) is 0 Å². The molecule has 2 aromatic carbocycles. The molecule has 1 amide bonds. The summed E-state index contributed by atoms with van der Waals surface area (Å²) in [5.74, 6) is 1.11. The van der Waals surface area contributed by atoms with Gasteiger partial charge < -0.3 is 20.5 Å². The van der Waals surface area contributed by atoms with E-state index >= 15 is 0 Å². The average Bonchev–Trinajstić information content (AvgIpc) is 2.68. The van der Waals surface area contributed by atoms with Crippen LogP contribution in [0.2, 0.25) is 0 Å². The van der Waals surface area contributed by atoms with Crippen LogP contribution in [-0.4, -0.2) is 32.2 Å². The number of aryl methyl sites for hydroxylation is 1. The van der Waals surface area contributed by atoms with Crippen LogP contribution in [0, 0.1) is 0 Å². The number of ether oxygens (including phenoxy) is 2. The lowest BCUT2D eigenvalue weighted by Gasteiger charge is -2.25. The van der Waals surface area contributed by atoms with Crippen LogP contribution < -0.4 is 20.5 Å². The van der Waals surface area contributed by atoms with Crippen molar-refractivity contribution in [1.29, 1.82) is 0 Å². The summed E-state index contributed by atoms with van der Waals surface area (Å²) in [6.45, 7) is 1.06. The minimum Gasteiger partial charge on any atom is -0.493 e.